The monoisotopic (exact) mass is 156 g/mol. The van der Waals surface area contributed by atoms with E-state index >= 15 is 0 Å². The predicted molar refractivity (Wildman–Crippen MR) is 46.1 cm³/mol. The van der Waals surface area contributed by atoms with Gasteiger partial charge in [-0.25, -0.2) is 0 Å². The molecule has 0 spiro atoms. The van der Waals surface area contributed by atoms with Gasteiger partial charge in [-0.3, -0.25) is 0 Å². The first-order chi connectivity index (χ1) is 4.84. The standard InChI is InChI=1S/C7H12N2S/c1-10-5-6(8)7-3-2-4-9-7/h2-4,6,9H,5,8H2,1H3. The zero-order chi connectivity index (χ0) is 7.40. The number of aromatic nitrogens is 1. The Balaban J connectivity index is 2.50. The minimum absolute atomic E-state index is 0.157. The molecule has 1 rings (SSSR count). The van der Waals surface area contributed by atoms with E-state index < -0.39 is 0 Å². The Morgan fingerprint density at radius 3 is 3.10 bits per heavy atom. The number of hydrogen-bond donors (Lipinski definition) is 2. The van der Waals surface area contributed by atoms with Crippen molar-refractivity contribution < 1.29 is 0 Å². The molecule has 0 radical (unpaired) electrons. The lowest BCUT2D eigenvalue weighted by atomic mass is 10.3. The molecule has 1 aromatic heterocycles. The van der Waals surface area contributed by atoms with Gasteiger partial charge in [0.15, 0.2) is 0 Å². The van der Waals surface area contributed by atoms with E-state index in [2.05, 4.69) is 11.2 Å². The molecule has 10 heavy (non-hydrogen) atoms. The lowest BCUT2D eigenvalue weighted by molar-refractivity contribution is 0.802. The van der Waals surface area contributed by atoms with Crippen LogP contribution in [0.1, 0.15) is 11.7 Å². The van der Waals surface area contributed by atoms with E-state index in [4.69, 9.17) is 5.73 Å². The summed E-state index contributed by atoms with van der Waals surface area (Å²) < 4.78 is 0. The van der Waals surface area contributed by atoms with Crippen LogP contribution in [0.5, 0.6) is 0 Å². The first-order valence-electron chi connectivity index (χ1n) is 3.22. The Morgan fingerprint density at radius 2 is 2.60 bits per heavy atom. The third-order valence-corrected chi connectivity index (χ3v) is 2.06. The van der Waals surface area contributed by atoms with E-state index in [1.807, 2.05) is 18.3 Å². The van der Waals surface area contributed by atoms with E-state index in [9.17, 15) is 0 Å². The predicted octanol–water partition coefficient (Wildman–Crippen LogP) is 1.38. The maximum Gasteiger partial charge on any atom is 0.0539 e. The number of aromatic amines is 1. The Morgan fingerprint density at radius 1 is 1.80 bits per heavy atom. The van der Waals surface area contributed by atoms with Crippen LogP contribution in [-0.4, -0.2) is 17.0 Å². The van der Waals surface area contributed by atoms with Crippen molar-refractivity contribution in [3.63, 3.8) is 0 Å². The van der Waals surface area contributed by atoms with Gasteiger partial charge in [0.1, 0.15) is 0 Å². The summed E-state index contributed by atoms with van der Waals surface area (Å²) in [4.78, 5) is 3.08. The molecule has 3 N–H and O–H groups in total. The van der Waals surface area contributed by atoms with Gasteiger partial charge in [-0.1, -0.05) is 0 Å². The smallest absolute Gasteiger partial charge is 0.0539 e. The van der Waals surface area contributed by atoms with Crippen molar-refractivity contribution in [3.8, 4) is 0 Å². The van der Waals surface area contributed by atoms with Crippen molar-refractivity contribution in [1.29, 1.82) is 0 Å². The van der Waals surface area contributed by atoms with E-state index in [0.29, 0.717) is 0 Å². The second-order valence-electron chi connectivity index (χ2n) is 2.19. The minimum atomic E-state index is 0.157. The molecular weight excluding hydrogens is 144 g/mol. The van der Waals surface area contributed by atoms with Gasteiger partial charge in [-0.05, 0) is 18.4 Å². The van der Waals surface area contributed by atoms with Crippen LogP contribution in [0.3, 0.4) is 0 Å². The summed E-state index contributed by atoms with van der Waals surface area (Å²) in [6.45, 7) is 0. The highest BCUT2D eigenvalue weighted by Gasteiger charge is 2.03. The number of rotatable bonds is 3. The average molecular weight is 156 g/mol. The van der Waals surface area contributed by atoms with Crippen molar-refractivity contribution in [2.24, 2.45) is 5.73 Å². The van der Waals surface area contributed by atoms with Gasteiger partial charge in [-0.2, -0.15) is 11.8 Å². The molecule has 1 heterocycles. The average Bonchev–Trinajstić information content (AvgIpc) is 2.38. The zero-order valence-electron chi connectivity index (χ0n) is 6.00. The summed E-state index contributed by atoms with van der Waals surface area (Å²) in [6.07, 6.45) is 3.96. The van der Waals surface area contributed by atoms with Gasteiger partial charge in [0.05, 0.1) is 6.04 Å². The molecular formula is C7H12N2S. The molecule has 56 valence electrons. The van der Waals surface area contributed by atoms with Crippen molar-refractivity contribution in [3.05, 3.63) is 24.0 Å². The molecule has 0 aromatic carbocycles. The summed E-state index contributed by atoms with van der Waals surface area (Å²) in [5.41, 5.74) is 6.92. The SMILES string of the molecule is CSCC(N)c1ccc[nH]1. The number of hydrogen-bond acceptors (Lipinski definition) is 2. The van der Waals surface area contributed by atoms with Crippen LogP contribution in [0.2, 0.25) is 0 Å². The minimum Gasteiger partial charge on any atom is -0.364 e. The molecule has 0 aliphatic rings. The van der Waals surface area contributed by atoms with Gasteiger partial charge in [-0.15, -0.1) is 0 Å². The van der Waals surface area contributed by atoms with E-state index in [-0.39, 0.29) is 6.04 Å². The second-order valence-corrected chi connectivity index (χ2v) is 3.10. The van der Waals surface area contributed by atoms with Gasteiger partial charge < -0.3 is 10.7 Å². The van der Waals surface area contributed by atoms with Crippen LogP contribution < -0.4 is 5.73 Å². The quantitative estimate of drug-likeness (QED) is 0.694. The zero-order valence-corrected chi connectivity index (χ0v) is 6.82. The van der Waals surface area contributed by atoms with Crippen LogP contribution in [-0.2, 0) is 0 Å². The Kier molecular flexibility index (Phi) is 2.83. The third-order valence-electron chi connectivity index (χ3n) is 1.37. The molecule has 0 aliphatic carbocycles. The fraction of sp³-hybridized carbons (Fsp3) is 0.429. The van der Waals surface area contributed by atoms with E-state index in [0.717, 1.165) is 11.4 Å². The van der Waals surface area contributed by atoms with Crippen LogP contribution in [0.25, 0.3) is 0 Å². The van der Waals surface area contributed by atoms with Crippen molar-refractivity contribution in [2.75, 3.05) is 12.0 Å². The molecule has 1 aromatic rings. The second kappa shape index (κ2) is 3.68. The van der Waals surface area contributed by atoms with Crippen LogP contribution in [0.15, 0.2) is 18.3 Å². The van der Waals surface area contributed by atoms with Gasteiger partial charge in [0, 0.05) is 17.6 Å². The first kappa shape index (κ1) is 7.69. The van der Waals surface area contributed by atoms with Crippen molar-refractivity contribution in [2.45, 2.75) is 6.04 Å². The molecule has 0 bridgehead atoms. The normalized spacial score (nSPS) is 13.4. The highest BCUT2D eigenvalue weighted by atomic mass is 32.2. The highest BCUT2D eigenvalue weighted by molar-refractivity contribution is 7.98. The molecule has 2 nitrogen and oxygen atoms in total. The van der Waals surface area contributed by atoms with Gasteiger partial charge in [0.2, 0.25) is 0 Å². The van der Waals surface area contributed by atoms with Crippen LogP contribution in [0, 0.1) is 0 Å². The summed E-state index contributed by atoms with van der Waals surface area (Å²) in [6, 6.07) is 4.14. The lowest BCUT2D eigenvalue weighted by Crippen LogP contribution is -2.12. The van der Waals surface area contributed by atoms with Crippen molar-refractivity contribution in [1.82, 2.24) is 4.98 Å². The van der Waals surface area contributed by atoms with E-state index in [1.54, 1.807) is 11.8 Å². The fourth-order valence-electron chi connectivity index (χ4n) is 0.844. The topological polar surface area (TPSA) is 41.8 Å². The highest BCUT2D eigenvalue weighted by Crippen LogP contribution is 2.10. The van der Waals surface area contributed by atoms with E-state index in [1.165, 1.54) is 0 Å². The van der Waals surface area contributed by atoms with Crippen LogP contribution >= 0.6 is 11.8 Å². The summed E-state index contributed by atoms with van der Waals surface area (Å²) in [5.74, 6) is 0.973. The largest absolute Gasteiger partial charge is 0.364 e. The molecule has 0 amide bonds. The number of thioether (sulfide) groups is 1. The molecule has 0 aliphatic heterocycles. The molecule has 3 heteroatoms. The molecule has 0 saturated heterocycles. The number of nitrogens with one attached hydrogen (secondary N) is 1. The molecule has 1 atom stereocenters. The Labute approximate surface area is 65.2 Å². The van der Waals surface area contributed by atoms with Gasteiger partial charge in [0.25, 0.3) is 0 Å². The Bertz CT molecular complexity index is 172. The summed E-state index contributed by atoms with van der Waals surface area (Å²) in [5, 5.41) is 0. The van der Waals surface area contributed by atoms with Crippen molar-refractivity contribution >= 4 is 11.8 Å². The fourth-order valence-corrected chi connectivity index (χ4v) is 1.38. The first-order valence-corrected chi connectivity index (χ1v) is 4.62. The van der Waals surface area contributed by atoms with Gasteiger partial charge >= 0.3 is 0 Å². The molecule has 0 saturated carbocycles. The number of nitrogens with two attached hydrogens (primary N) is 1. The molecule has 1 unspecified atom stereocenters. The lowest BCUT2D eigenvalue weighted by Gasteiger charge is -2.05. The maximum absolute atomic E-state index is 5.80. The molecule has 0 fully saturated rings. The summed E-state index contributed by atoms with van der Waals surface area (Å²) >= 11 is 1.76. The summed E-state index contributed by atoms with van der Waals surface area (Å²) in [7, 11) is 0. The third kappa shape index (κ3) is 1.78. The van der Waals surface area contributed by atoms with Crippen LogP contribution in [0.4, 0.5) is 0 Å². The maximum atomic E-state index is 5.80. The number of H-pyrrole nitrogens is 1. The Hall–Kier alpha value is -0.410.